The van der Waals surface area contributed by atoms with E-state index in [0.717, 1.165) is 0 Å². The number of aromatic carboxylic acids is 1. The molecule has 0 spiro atoms. The molecule has 0 bridgehead atoms. The summed E-state index contributed by atoms with van der Waals surface area (Å²) in [6.45, 7) is 4.09. The SMILES string of the molecule is COC(C)COc1ccc(C(=O)O)c(C)c1. The Morgan fingerprint density at radius 1 is 1.50 bits per heavy atom. The zero-order chi connectivity index (χ0) is 12.1. The molecule has 1 aromatic rings. The molecule has 0 radical (unpaired) electrons. The highest BCUT2D eigenvalue weighted by Gasteiger charge is 2.08. The second kappa shape index (κ2) is 5.51. The molecule has 88 valence electrons. The van der Waals surface area contributed by atoms with Crippen LogP contribution in [0.1, 0.15) is 22.8 Å². The summed E-state index contributed by atoms with van der Waals surface area (Å²) in [4.78, 5) is 10.8. The van der Waals surface area contributed by atoms with Gasteiger partial charge in [-0.15, -0.1) is 0 Å². The van der Waals surface area contributed by atoms with Gasteiger partial charge in [-0.1, -0.05) is 0 Å². The van der Waals surface area contributed by atoms with Crippen molar-refractivity contribution in [3.8, 4) is 5.75 Å². The van der Waals surface area contributed by atoms with E-state index in [-0.39, 0.29) is 6.10 Å². The van der Waals surface area contributed by atoms with E-state index in [1.807, 2.05) is 6.92 Å². The quantitative estimate of drug-likeness (QED) is 0.832. The average Bonchev–Trinajstić information content (AvgIpc) is 2.25. The maximum atomic E-state index is 10.8. The minimum atomic E-state index is -0.922. The lowest BCUT2D eigenvalue weighted by molar-refractivity contribution is 0.0692. The average molecular weight is 224 g/mol. The summed E-state index contributed by atoms with van der Waals surface area (Å²) in [5, 5.41) is 8.85. The van der Waals surface area contributed by atoms with Gasteiger partial charge in [-0.3, -0.25) is 0 Å². The van der Waals surface area contributed by atoms with Crippen LogP contribution in [0.5, 0.6) is 5.75 Å². The smallest absolute Gasteiger partial charge is 0.335 e. The van der Waals surface area contributed by atoms with E-state index in [2.05, 4.69) is 0 Å². The maximum absolute atomic E-state index is 10.8. The number of aryl methyl sites for hydroxylation is 1. The van der Waals surface area contributed by atoms with E-state index in [9.17, 15) is 4.79 Å². The van der Waals surface area contributed by atoms with E-state index in [4.69, 9.17) is 14.6 Å². The summed E-state index contributed by atoms with van der Waals surface area (Å²) in [5.74, 6) is -0.263. The van der Waals surface area contributed by atoms with E-state index in [1.54, 1.807) is 32.2 Å². The topological polar surface area (TPSA) is 55.8 Å². The van der Waals surface area contributed by atoms with E-state index >= 15 is 0 Å². The molecular weight excluding hydrogens is 208 g/mol. The Hall–Kier alpha value is -1.55. The van der Waals surface area contributed by atoms with Gasteiger partial charge in [0.15, 0.2) is 0 Å². The zero-order valence-electron chi connectivity index (χ0n) is 9.69. The van der Waals surface area contributed by atoms with Crippen molar-refractivity contribution < 1.29 is 19.4 Å². The van der Waals surface area contributed by atoms with Crippen LogP contribution in [-0.4, -0.2) is 30.9 Å². The van der Waals surface area contributed by atoms with Gasteiger partial charge in [0, 0.05) is 7.11 Å². The Morgan fingerprint density at radius 2 is 2.19 bits per heavy atom. The second-order valence-electron chi connectivity index (χ2n) is 3.64. The van der Waals surface area contributed by atoms with Crippen molar-refractivity contribution in [2.75, 3.05) is 13.7 Å². The summed E-state index contributed by atoms with van der Waals surface area (Å²) in [7, 11) is 1.62. The predicted molar refractivity (Wildman–Crippen MR) is 60.1 cm³/mol. The molecule has 0 aromatic heterocycles. The van der Waals surface area contributed by atoms with Crippen LogP contribution >= 0.6 is 0 Å². The molecule has 0 saturated heterocycles. The molecule has 4 nitrogen and oxygen atoms in total. The number of ether oxygens (including phenoxy) is 2. The first-order valence-electron chi connectivity index (χ1n) is 5.04. The summed E-state index contributed by atoms with van der Waals surface area (Å²) in [5.41, 5.74) is 0.988. The first-order valence-corrected chi connectivity index (χ1v) is 5.04. The minimum absolute atomic E-state index is 0.0134. The molecular formula is C12H16O4. The van der Waals surface area contributed by atoms with Crippen molar-refractivity contribution in [3.63, 3.8) is 0 Å². The molecule has 0 saturated carbocycles. The number of carboxylic acids is 1. The molecule has 0 fully saturated rings. The molecule has 0 amide bonds. The van der Waals surface area contributed by atoms with Crippen molar-refractivity contribution in [2.24, 2.45) is 0 Å². The van der Waals surface area contributed by atoms with Gasteiger partial charge in [0.05, 0.1) is 11.7 Å². The Morgan fingerprint density at radius 3 is 2.69 bits per heavy atom. The minimum Gasteiger partial charge on any atom is -0.491 e. The third-order valence-corrected chi connectivity index (χ3v) is 2.32. The van der Waals surface area contributed by atoms with Crippen LogP contribution in [-0.2, 0) is 4.74 Å². The van der Waals surface area contributed by atoms with Crippen molar-refractivity contribution in [2.45, 2.75) is 20.0 Å². The van der Waals surface area contributed by atoms with Crippen LogP contribution < -0.4 is 4.74 Å². The fourth-order valence-electron chi connectivity index (χ4n) is 1.25. The molecule has 1 N–H and O–H groups in total. The lowest BCUT2D eigenvalue weighted by Gasteiger charge is -2.12. The van der Waals surface area contributed by atoms with Gasteiger partial charge in [-0.25, -0.2) is 4.79 Å². The summed E-state index contributed by atoms with van der Waals surface area (Å²) in [6, 6.07) is 4.91. The van der Waals surface area contributed by atoms with E-state index in [0.29, 0.717) is 23.5 Å². The van der Waals surface area contributed by atoms with E-state index < -0.39 is 5.97 Å². The number of carbonyl (C=O) groups is 1. The van der Waals surface area contributed by atoms with Crippen LogP contribution in [0.3, 0.4) is 0 Å². The van der Waals surface area contributed by atoms with Gasteiger partial charge in [-0.05, 0) is 37.6 Å². The third kappa shape index (κ3) is 3.24. The first-order chi connectivity index (χ1) is 7.54. The Kier molecular flexibility index (Phi) is 4.31. The number of benzene rings is 1. The zero-order valence-corrected chi connectivity index (χ0v) is 9.69. The molecule has 0 heterocycles. The predicted octanol–water partition coefficient (Wildman–Crippen LogP) is 2.11. The van der Waals surface area contributed by atoms with Crippen LogP contribution in [0.15, 0.2) is 18.2 Å². The fourth-order valence-corrected chi connectivity index (χ4v) is 1.25. The molecule has 1 rings (SSSR count). The van der Waals surface area contributed by atoms with Crippen molar-refractivity contribution in [3.05, 3.63) is 29.3 Å². The summed E-state index contributed by atoms with van der Waals surface area (Å²) in [6.07, 6.45) is 0.0134. The lowest BCUT2D eigenvalue weighted by atomic mass is 10.1. The summed E-state index contributed by atoms with van der Waals surface area (Å²) >= 11 is 0. The van der Waals surface area contributed by atoms with Gasteiger partial charge in [0.1, 0.15) is 12.4 Å². The van der Waals surface area contributed by atoms with Gasteiger partial charge < -0.3 is 14.6 Å². The number of methoxy groups -OCH3 is 1. The Labute approximate surface area is 94.8 Å². The number of hydrogen-bond donors (Lipinski definition) is 1. The fraction of sp³-hybridized carbons (Fsp3) is 0.417. The molecule has 0 aliphatic rings. The third-order valence-electron chi connectivity index (χ3n) is 2.32. The molecule has 1 aromatic carbocycles. The van der Waals surface area contributed by atoms with Gasteiger partial charge in [0.2, 0.25) is 0 Å². The van der Waals surface area contributed by atoms with Crippen molar-refractivity contribution in [1.82, 2.24) is 0 Å². The van der Waals surface area contributed by atoms with Crippen LogP contribution in [0.4, 0.5) is 0 Å². The van der Waals surface area contributed by atoms with E-state index in [1.165, 1.54) is 0 Å². The molecule has 16 heavy (non-hydrogen) atoms. The number of carboxylic acid groups (broad SMARTS) is 1. The molecule has 1 atom stereocenters. The highest BCUT2D eigenvalue weighted by atomic mass is 16.5. The molecule has 0 aliphatic carbocycles. The van der Waals surface area contributed by atoms with Crippen LogP contribution in [0, 0.1) is 6.92 Å². The summed E-state index contributed by atoms with van der Waals surface area (Å²) < 4.78 is 10.5. The van der Waals surface area contributed by atoms with Crippen LogP contribution in [0.2, 0.25) is 0 Å². The molecule has 4 heteroatoms. The Bertz CT molecular complexity index is 373. The Balaban J connectivity index is 2.70. The largest absolute Gasteiger partial charge is 0.491 e. The first kappa shape index (κ1) is 12.5. The van der Waals surface area contributed by atoms with Crippen molar-refractivity contribution >= 4 is 5.97 Å². The monoisotopic (exact) mass is 224 g/mol. The van der Waals surface area contributed by atoms with Gasteiger partial charge in [-0.2, -0.15) is 0 Å². The van der Waals surface area contributed by atoms with Crippen LogP contribution in [0.25, 0.3) is 0 Å². The second-order valence-corrected chi connectivity index (χ2v) is 3.64. The number of hydrogen-bond acceptors (Lipinski definition) is 3. The normalized spacial score (nSPS) is 12.2. The number of rotatable bonds is 5. The molecule has 1 unspecified atom stereocenters. The van der Waals surface area contributed by atoms with Gasteiger partial charge in [0.25, 0.3) is 0 Å². The molecule has 0 aliphatic heterocycles. The standard InChI is InChI=1S/C12H16O4/c1-8-6-10(16-7-9(2)15-3)4-5-11(8)12(13)14/h4-6,9H,7H2,1-3H3,(H,13,14). The van der Waals surface area contributed by atoms with Gasteiger partial charge >= 0.3 is 5.97 Å². The highest BCUT2D eigenvalue weighted by molar-refractivity contribution is 5.89. The highest BCUT2D eigenvalue weighted by Crippen LogP contribution is 2.17. The maximum Gasteiger partial charge on any atom is 0.335 e. The van der Waals surface area contributed by atoms with Crippen molar-refractivity contribution in [1.29, 1.82) is 0 Å². The lowest BCUT2D eigenvalue weighted by Crippen LogP contribution is -2.16.